The lowest BCUT2D eigenvalue weighted by molar-refractivity contribution is 0.172. The fourth-order valence-electron chi connectivity index (χ4n) is 2.54. The molecule has 2 aliphatic rings. The van der Waals surface area contributed by atoms with Gasteiger partial charge >= 0.3 is 0 Å². The zero-order valence-electron chi connectivity index (χ0n) is 14.8. The van der Waals surface area contributed by atoms with E-state index in [2.05, 4.69) is 27.1 Å². The minimum atomic E-state index is -1.33. The topological polar surface area (TPSA) is 72.8 Å². The van der Waals surface area contributed by atoms with E-state index >= 15 is 0 Å². The molecule has 3 rings (SSSR count). The van der Waals surface area contributed by atoms with E-state index in [-0.39, 0.29) is 11.8 Å². The van der Waals surface area contributed by atoms with Crippen LogP contribution >= 0.6 is 0 Å². The Hall–Kier alpha value is -2.43. The highest BCUT2D eigenvalue weighted by Crippen LogP contribution is 2.22. The van der Waals surface area contributed by atoms with Crippen LogP contribution in [0.1, 0.15) is 17.7 Å². The van der Waals surface area contributed by atoms with E-state index in [0.29, 0.717) is 18.4 Å². The second-order valence-corrected chi connectivity index (χ2v) is 7.16. The summed E-state index contributed by atoms with van der Waals surface area (Å²) in [6, 6.07) is 1.55. The summed E-state index contributed by atoms with van der Waals surface area (Å²) >= 11 is 0. The fourth-order valence-corrected chi connectivity index (χ4v) is 3.67. The molecule has 1 aromatic heterocycles. The highest BCUT2D eigenvalue weighted by molar-refractivity contribution is 7.99. The molecule has 0 radical (unpaired) electrons. The number of aromatic nitrogens is 1. The lowest BCUT2D eigenvalue weighted by Gasteiger charge is -2.12. The number of rotatable bonds is 7. The summed E-state index contributed by atoms with van der Waals surface area (Å²) in [5, 5.41) is 3.56. The van der Waals surface area contributed by atoms with Gasteiger partial charge in [-0.1, -0.05) is 17.9 Å². The molecule has 2 unspecified atom stereocenters. The molecule has 136 valence electrons. The van der Waals surface area contributed by atoms with Gasteiger partial charge < -0.3 is 14.8 Å². The monoisotopic (exact) mass is 371 g/mol. The van der Waals surface area contributed by atoms with Crippen LogP contribution in [0.2, 0.25) is 0 Å². The lowest BCUT2D eigenvalue weighted by atomic mass is 10.2. The Balaban J connectivity index is 1.66. The van der Waals surface area contributed by atoms with Gasteiger partial charge in [0.15, 0.2) is 11.2 Å². The van der Waals surface area contributed by atoms with Gasteiger partial charge in [-0.15, -0.1) is 0 Å². The highest BCUT2D eigenvalue weighted by Gasteiger charge is 2.25. The first kappa shape index (κ1) is 18.4. The summed E-state index contributed by atoms with van der Waals surface area (Å²) in [6.45, 7) is 3.15. The van der Waals surface area contributed by atoms with Crippen molar-refractivity contribution in [3.05, 3.63) is 47.4 Å². The third-order valence-electron chi connectivity index (χ3n) is 3.96. The lowest BCUT2D eigenvalue weighted by Crippen LogP contribution is -2.24. The maximum absolute atomic E-state index is 12.7. The molecule has 0 aromatic carbocycles. The minimum Gasteiger partial charge on any atom is -0.493 e. The van der Waals surface area contributed by atoms with Gasteiger partial charge in [0.05, 0.1) is 34.6 Å². The SMILES string of the molecule is COCCCOc1ccnc(CS(=O)C2=NC3C#CC=CC=C3N2)c1C. The number of allylic oxidation sites excluding steroid dienone is 3. The standard InChI is InChI=1S/C19H21N3O3S/c1-14-17(20-10-9-18(14)25-12-6-11-24-2)13-26(23)19-21-15-7-4-3-5-8-16(15)22-19/h3-4,7,9-10,16H,6,11-13H2,1-2H3,(H,21,22). The van der Waals surface area contributed by atoms with Crippen LogP contribution < -0.4 is 10.1 Å². The number of ether oxygens (including phenoxy) is 2. The number of hydrogen-bond donors (Lipinski definition) is 1. The van der Waals surface area contributed by atoms with Gasteiger partial charge in [0.1, 0.15) is 5.75 Å². The molecule has 1 aliphatic carbocycles. The van der Waals surface area contributed by atoms with Crippen LogP contribution in [-0.4, -0.2) is 40.7 Å². The van der Waals surface area contributed by atoms with Gasteiger partial charge in [0.25, 0.3) is 0 Å². The quantitative estimate of drug-likeness (QED) is 0.585. The molecule has 0 saturated carbocycles. The van der Waals surface area contributed by atoms with Crippen molar-refractivity contribution < 1.29 is 13.7 Å². The molecule has 7 heteroatoms. The number of methoxy groups -OCH3 is 1. The average Bonchev–Trinajstić information content (AvgIpc) is 2.92. The zero-order chi connectivity index (χ0) is 18.4. The molecular formula is C19H21N3O3S. The maximum Gasteiger partial charge on any atom is 0.193 e. The fraction of sp³-hybridized carbons (Fsp3) is 0.368. The predicted molar refractivity (Wildman–Crippen MR) is 102 cm³/mol. The van der Waals surface area contributed by atoms with Crippen molar-refractivity contribution in [3.8, 4) is 17.6 Å². The van der Waals surface area contributed by atoms with Gasteiger partial charge in [-0.05, 0) is 25.1 Å². The molecule has 0 fully saturated rings. The molecule has 26 heavy (non-hydrogen) atoms. The van der Waals surface area contributed by atoms with Crippen LogP contribution in [0.5, 0.6) is 5.75 Å². The van der Waals surface area contributed by atoms with Crippen molar-refractivity contribution in [2.24, 2.45) is 4.99 Å². The second-order valence-electron chi connectivity index (χ2n) is 5.80. The van der Waals surface area contributed by atoms with Crippen molar-refractivity contribution in [3.63, 3.8) is 0 Å². The van der Waals surface area contributed by atoms with Gasteiger partial charge in [0.2, 0.25) is 0 Å². The Morgan fingerprint density at radius 2 is 2.27 bits per heavy atom. The molecule has 0 amide bonds. The molecule has 2 atom stereocenters. The number of aliphatic imine (C=N–C) groups is 1. The van der Waals surface area contributed by atoms with E-state index in [4.69, 9.17) is 9.47 Å². The summed E-state index contributed by atoms with van der Waals surface area (Å²) in [7, 11) is 0.339. The van der Waals surface area contributed by atoms with Gasteiger partial charge in [0, 0.05) is 31.9 Å². The van der Waals surface area contributed by atoms with Crippen molar-refractivity contribution in [2.75, 3.05) is 20.3 Å². The molecule has 0 spiro atoms. The van der Waals surface area contributed by atoms with Crippen molar-refractivity contribution in [2.45, 2.75) is 25.1 Å². The summed E-state index contributed by atoms with van der Waals surface area (Å²) in [5.41, 5.74) is 2.49. The average molecular weight is 371 g/mol. The van der Waals surface area contributed by atoms with Crippen LogP contribution in [-0.2, 0) is 21.3 Å². The summed E-state index contributed by atoms with van der Waals surface area (Å²) in [6.07, 6.45) is 8.00. The van der Waals surface area contributed by atoms with Crippen molar-refractivity contribution in [1.82, 2.24) is 10.3 Å². The third-order valence-corrected chi connectivity index (χ3v) is 5.13. The van der Waals surface area contributed by atoms with E-state index < -0.39 is 10.8 Å². The molecule has 2 heterocycles. The summed E-state index contributed by atoms with van der Waals surface area (Å²) in [4.78, 5) is 8.81. The van der Waals surface area contributed by atoms with Gasteiger partial charge in [-0.25, -0.2) is 4.99 Å². The van der Waals surface area contributed by atoms with E-state index in [1.807, 2.05) is 25.1 Å². The Morgan fingerprint density at radius 3 is 3.12 bits per heavy atom. The predicted octanol–water partition coefficient (Wildman–Crippen LogP) is 1.84. The molecule has 1 aromatic rings. The number of hydrogen-bond acceptors (Lipinski definition) is 6. The van der Waals surface area contributed by atoms with Crippen LogP contribution in [0.4, 0.5) is 0 Å². The van der Waals surface area contributed by atoms with E-state index in [1.54, 1.807) is 19.4 Å². The largest absolute Gasteiger partial charge is 0.493 e. The Morgan fingerprint density at radius 1 is 1.38 bits per heavy atom. The van der Waals surface area contributed by atoms with Gasteiger partial charge in [-0.2, -0.15) is 0 Å². The van der Waals surface area contributed by atoms with Crippen molar-refractivity contribution in [1.29, 1.82) is 0 Å². The summed E-state index contributed by atoms with van der Waals surface area (Å²) in [5.74, 6) is 6.95. The van der Waals surface area contributed by atoms with Crippen LogP contribution in [0.15, 0.2) is 41.2 Å². The first-order chi connectivity index (χ1) is 12.7. The minimum absolute atomic E-state index is 0.270. The number of pyridine rings is 1. The number of nitrogens with one attached hydrogen (secondary N) is 1. The zero-order valence-corrected chi connectivity index (χ0v) is 15.6. The van der Waals surface area contributed by atoms with Crippen LogP contribution in [0, 0.1) is 18.8 Å². The Kier molecular flexibility index (Phi) is 6.21. The Bertz CT molecular complexity index is 849. The highest BCUT2D eigenvalue weighted by atomic mass is 32.2. The normalized spacial score (nSPS) is 18.6. The molecule has 1 aliphatic heterocycles. The summed E-state index contributed by atoms with van der Waals surface area (Å²) < 4.78 is 23.5. The third kappa shape index (κ3) is 4.40. The van der Waals surface area contributed by atoms with Gasteiger partial charge in [-0.3, -0.25) is 9.19 Å². The number of fused-ring (bicyclic) bond motifs is 1. The van der Waals surface area contributed by atoms with Crippen LogP contribution in [0.3, 0.4) is 0 Å². The Labute approximate surface area is 155 Å². The van der Waals surface area contributed by atoms with E-state index in [0.717, 1.165) is 29.1 Å². The van der Waals surface area contributed by atoms with Crippen LogP contribution in [0.25, 0.3) is 0 Å². The number of amidine groups is 1. The molecule has 1 N–H and O–H groups in total. The second kappa shape index (κ2) is 8.79. The molecule has 6 nitrogen and oxygen atoms in total. The molecule has 0 bridgehead atoms. The molecular weight excluding hydrogens is 350 g/mol. The number of nitrogens with zero attached hydrogens (tertiary/aromatic N) is 2. The first-order valence-corrected chi connectivity index (χ1v) is 9.68. The first-order valence-electron chi connectivity index (χ1n) is 8.36. The van der Waals surface area contributed by atoms with E-state index in [1.165, 1.54) is 0 Å². The molecule has 0 saturated heterocycles. The van der Waals surface area contributed by atoms with E-state index in [9.17, 15) is 4.21 Å². The van der Waals surface area contributed by atoms with Crippen molar-refractivity contribution >= 4 is 16.0 Å². The maximum atomic E-state index is 12.7. The smallest absolute Gasteiger partial charge is 0.193 e.